The Morgan fingerprint density at radius 3 is 2.89 bits per heavy atom. The largest absolute Gasteiger partial charge is 0.341 e. The third-order valence-electron chi connectivity index (χ3n) is 3.47. The minimum Gasteiger partial charge on any atom is -0.341 e. The van der Waals surface area contributed by atoms with Crippen LogP contribution in [0.3, 0.4) is 0 Å². The summed E-state index contributed by atoms with van der Waals surface area (Å²) in [4.78, 5) is 15.2. The topological polar surface area (TPSA) is 46.3 Å². The maximum Gasteiger partial charge on any atom is 0.222 e. The van der Waals surface area contributed by atoms with Gasteiger partial charge in [-0.3, -0.25) is 4.79 Å². The van der Waals surface area contributed by atoms with E-state index in [2.05, 4.69) is 17.5 Å². The molecule has 1 aliphatic rings. The maximum atomic E-state index is 11.9. The Morgan fingerprint density at radius 1 is 1.42 bits per heavy atom. The predicted molar refractivity (Wildman–Crippen MR) is 82.9 cm³/mol. The van der Waals surface area contributed by atoms with Gasteiger partial charge in [-0.25, -0.2) is 0 Å². The normalized spacial score (nSPS) is 18.4. The molecule has 0 unspecified atom stereocenters. The lowest BCUT2D eigenvalue weighted by atomic mass is 10.1. The SMILES string of the molecule is Cl.N[C@@H]1CCN(C(=O)CCCCCc2cccs2)C1. The quantitative estimate of drug-likeness (QED) is 0.821. The number of unbranched alkanes of at least 4 members (excludes halogenated alkanes) is 2. The van der Waals surface area contributed by atoms with E-state index >= 15 is 0 Å². The van der Waals surface area contributed by atoms with E-state index in [4.69, 9.17) is 5.73 Å². The standard InChI is InChI=1S/C14H22N2OS.ClH/c15-12-8-9-16(11-12)14(17)7-3-1-2-5-13-6-4-10-18-13;/h4,6,10,12H,1-3,5,7-9,11,15H2;1H/t12-;/m1./s1. The summed E-state index contributed by atoms with van der Waals surface area (Å²) in [6.45, 7) is 1.61. The Kier molecular flexibility index (Phi) is 7.42. The third-order valence-corrected chi connectivity index (χ3v) is 4.41. The number of thiophene rings is 1. The van der Waals surface area contributed by atoms with E-state index in [-0.39, 0.29) is 18.4 Å². The van der Waals surface area contributed by atoms with Crippen molar-refractivity contribution in [3.8, 4) is 0 Å². The highest BCUT2D eigenvalue weighted by atomic mass is 35.5. The molecule has 1 atom stereocenters. The molecule has 0 radical (unpaired) electrons. The zero-order valence-corrected chi connectivity index (χ0v) is 12.8. The fourth-order valence-electron chi connectivity index (χ4n) is 2.38. The number of hydrogen-bond acceptors (Lipinski definition) is 3. The molecule has 0 bridgehead atoms. The molecule has 1 amide bonds. The van der Waals surface area contributed by atoms with Crippen molar-refractivity contribution >= 4 is 29.7 Å². The van der Waals surface area contributed by atoms with Gasteiger partial charge < -0.3 is 10.6 Å². The van der Waals surface area contributed by atoms with E-state index in [0.717, 1.165) is 38.8 Å². The summed E-state index contributed by atoms with van der Waals surface area (Å²) in [5.41, 5.74) is 5.80. The summed E-state index contributed by atoms with van der Waals surface area (Å²) < 4.78 is 0. The van der Waals surface area contributed by atoms with E-state index in [1.165, 1.54) is 11.3 Å². The highest BCUT2D eigenvalue weighted by Gasteiger charge is 2.22. The first-order valence-corrected chi connectivity index (χ1v) is 7.69. The average molecular weight is 303 g/mol. The average Bonchev–Trinajstić information content (AvgIpc) is 2.99. The van der Waals surface area contributed by atoms with Crippen LogP contribution in [-0.2, 0) is 11.2 Å². The summed E-state index contributed by atoms with van der Waals surface area (Å²) in [7, 11) is 0. The molecular weight excluding hydrogens is 280 g/mol. The van der Waals surface area contributed by atoms with Crippen molar-refractivity contribution in [3.05, 3.63) is 22.4 Å². The zero-order valence-electron chi connectivity index (χ0n) is 11.2. The van der Waals surface area contributed by atoms with E-state index in [9.17, 15) is 4.79 Å². The first-order valence-electron chi connectivity index (χ1n) is 6.81. The molecule has 2 N–H and O–H groups in total. The smallest absolute Gasteiger partial charge is 0.222 e. The summed E-state index contributed by atoms with van der Waals surface area (Å²) in [5.74, 6) is 0.291. The molecule has 2 rings (SSSR count). The van der Waals surface area contributed by atoms with Crippen LogP contribution in [0, 0.1) is 0 Å². The molecule has 1 aromatic heterocycles. The molecule has 19 heavy (non-hydrogen) atoms. The fourth-order valence-corrected chi connectivity index (χ4v) is 3.13. The number of carbonyl (C=O) groups excluding carboxylic acids is 1. The van der Waals surface area contributed by atoms with Crippen molar-refractivity contribution in [1.29, 1.82) is 0 Å². The van der Waals surface area contributed by atoms with Crippen molar-refractivity contribution in [3.63, 3.8) is 0 Å². The van der Waals surface area contributed by atoms with E-state index < -0.39 is 0 Å². The minimum atomic E-state index is 0. The number of amides is 1. The highest BCUT2D eigenvalue weighted by Crippen LogP contribution is 2.14. The molecular formula is C14H23ClN2OS. The number of nitrogens with zero attached hydrogens (tertiary/aromatic N) is 1. The molecule has 1 saturated heterocycles. The lowest BCUT2D eigenvalue weighted by Gasteiger charge is -2.15. The second kappa shape index (κ2) is 8.56. The van der Waals surface area contributed by atoms with E-state index in [1.807, 2.05) is 16.2 Å². The fraction of sp³-hybridized carbons (Fsp3) is 0.643. The Bertz CT molecular complexity index is 370. The molecule has 3 nitrogen and oxygen atoms in total. The van der Waals surface area contributed by atoms with E-state index in [1.54, 1.807) is 0 Å². The van der Waals surface area contributed by atoms with Crippen LogP contribution < -0.4 is 5.73 Å². The first-order chi connectivity index (χ1) is 8.75. The Balaban J connectivity index is 0.00000180. The van der Waals surface area contributed by atoms with Crippen LogP contribution in [0.15, 0.2) is 17.5 Å². The number of rotatable bonds is 6. The second-order valence-corrected chi connectivity index (χ2v) is 6.06. The van der Waals surface area contributed by atoms with Crippen LogP contribution in [-0.4, -0.2) is 29.9 Å². The summed E-state index contributed by atoms with van der Waals surface area (Å²) >= 11 is 1.82. The van der Waals surface area contributed by atoms with Gasteiger partial charge in [0.25, 0.3) is 0 Å². The Labute approximate surface area is 125 Å². The summed E-state index contributed by atoms with van der Waals surface area (Å²) in [5, 5.41) is 2.12. The first kappa shape index (κ1) is 16.5. The van der Waals surface area contributed by atoms with Crippen LogP contribution in [0.25, 0.3) is 0 Å². The van der Waals surface area contributed by atoms with Crippen LogP contribution in [0.4, 0.5) is 0 Å². The van der Waals surface area contributed by atoms with Gasteiger partial charge in [0.2, 0.25) is 5.91 Å². The molecule has 2 heterocycles. The molecule has 1 aliphatic heterocycles. The molecule has 0 aromatic carbocycles. The number of nitrogens with two attached hydrogens (primary N) is 1. The van der Waals surface area contributed by atoms with Gasteiger partial charge in [0.1, 0.15) is 0 Å². The third kappa shape index (κ3) is 5.51. The monoisotopic (exact) mass is 302 g/mol. The summed E-state index contributed by atoms with van der Waals surface area (Å²) in [6, 6.07) is 4.48. The van der Waals surface area contributed by atoms with Gasteiger partial charge in [-0.15, -0.1) is 23.7 Å². The van der Waals surface area contributed by atoms with Gasteiger partial charge in [-0.1, -0.05) is 12.5 Å². The van der Waals surface area contributed by atoms with Crippen molar-refractivity contribution in [2.45, 2.75) is 44.6 Å². The van der Waals surface area contributed by atoms with Gasteiger partial charge in [0.15, 0.2) is 0 Å². The van der Waals surface area contributed by atoms with Crippen molar-refractivity contribution in [1.82, 2.24) is 4.90 Å². The van der Waals surface area contributed by atoms with Gasteiger partial charge in [0.05, 0.1) is 0 Å². The predicted octanol–water partition coefficient (Wildman–Crippen LogP) is 2.83. The molecule has 1 fully saturated rings. The van der Waals surface area contributed by atoms with Crippen molar-refractivity contribution < 1.29 is 4.79 Å². The molecule has 108 valence electrons. The molecule has 5 heteroatoms. The molecule has 0 saturated carbocycles. The lowest BCUT2D eigenvalue weighted by Crippen LogP contribution is -2.31. The second-order valence-electron chi connectivity index (χ2n) is 5.03. The maximum absolute atomic E-state index is 11.9. The molecule has 0 spiro atoms. The number of likely N-dealkylation sites (tertiary alicyclic amines) is 1. The van der Waals surface area contributed by atoms with Gasteiger partial charge in [0, 0.05) is 30.4 Å². The van der Waals surface area contributed by atoms with Crippen molar-refractivity contribution in [2.24, 2.45) is 5.73 Å². The highest BCUT2D eigenvalue weighted by molar-refractivity contribution is 7.09. The summed E-state index contributed by atoms with van der Waals surface area (Å²) in [6.07, 6.45) is 6.15. The van der Waals surface area contributed by atoms with Crippen LogP contribution >= 0.6 is 23.7 Å². The lowest BCUT2D eigenvalue weighted by molar-refractivity contribution is -0.130. The number of aryl methyl sites for hydroxylation is 1. The Hall–Kier alpha value is -0.580. The van der Waals surface area contributed by atoms with Gasteiger partial charge in [-0.2, -0.15) is 0 Å². The molecule has 1 aromatic rings. The van der Waals surface area contributed by atoms with Crippen LogP contribution in [0.5, 0.6) is 0 Å². The van der Waals surface area contributed by atoms with Gasteiger partial charge in [-0.05, 0) is 37.1 Å². The van der Waals surface area contributed by atoms with Crippen LogP contribution in [0.1, 0.15) is 37.0 Å². The van der Waals surface area contributed by atoms with Crippen molar-refractivity contribution in [2.75, 3.05) is 13.1 Å². The Morgan fingerprint density at radius 2 is 2.26 bits per heavy atom. The van der Waals surface area contributed by atoms with E-state index in [0.29, 0.717) is 12.3 Å². The number of carbonyl (C=O) groups is 1. The zero-order chi connectivity index (χ0) is 12.8. The number of hydrogen-bond donors (Lipinski definition) is 1. The minimum absolute atomic E-state index is 0. The van der Waals surface area contributed by atoms with Gasteiger partial charge >= 0.3 is 0 Å². The molecule has 0 aliphatic carbocycles. The number of halogens is 1. The van der Waals surface area contributed by atoms with Crippen LogP contribution in [0.2, 0.25) is 0 Å².